The van der Waals surface area contributed by atoms with Crippen LogP contribution in [0.1, 0.15) is 24.5 Å². The number of fused-ring (bicyclic) bond motifs is 1. The van der Waals surface area contributed by atoms with E-state index < -0.39 is 0 Å². The molecule has 19 heavy (non-hydrogen) atoms. The van der Waals surface area contributed by atoms with Crippen LogP contribution < -0.4 is 11.4 Å². The molecule has 7 heteroatoms. The van der Waals surface area contributed by atoms with Gasteiger partial charge in [-0.25, -0.2) is 14.3 Å². The van der Waals surface area contributed by atoms with Crippen LogP contribution in [0.4, 0.5) is 0 Å². The van der Waals surface area contributed by atoms with Gasteiger partial charge in [0.25, 0.3) is 0 Å². The summed E-state index contributed by atoms with van der Waals surface area (Å²) in [5, 5.41) is 6.92. The van der Waals surface area contributed by atoms with E-state index in [1.807, 2.05) is 6.92 Å². The Balaban J connectivity index is 2.40. The zero-order valence-corrected chi connectivity index (χ0v) is 10.7. The quantitative estimate of drug-likeness (QED) is 0.701. The highest BCUT2D eigenvalue weighted by Crippen LogP contribution is 2.12. The first-order chi connectivity index (χ1) is 9.08. The number of hydrogen-bond acceptors (Lipinski definition) is 4. The maximum atomic E-state index is 12.5. The van der Waals surface area contributed by atoms with E-state index in [0.717, 1.165) is 5.69 Å². The molecule has 3 heterocycles. The molecule has 0 fully saturated rings. The molecule has 0 aromatic carbocycles. The lowest BCUT2D eigenvalue weighted by Crippen LogP contribution is -2.31. The third-order valence-corrected chi connectivity index (χ3v) is 2.91. The molecule has 0 saturated heterocycles. The van der Waals surface area contributed by atoms with Crippen molar-refractivity contribution < 1.29 is 0 Å². The molecule has 3 aromatic rings. The summed E-state index contributed by atoms with van der Waals surface area (Å²) in [5.41, 5.74) is 7.14. The van der Waals surface area contributed by atoms with Crippen LogP contribution >= 0.6 is 0 Å². The Bertz CT molecular complexity index is 794. The Morgan fingerprint density at radius 1 is 1.47 bits per heavy atom. The van der Waals surface area contributed by atoms with Gasteiger partial charge in [0, 0.05) is 18.0 Å². The molecule has 0 aliphatic carbocycles. The highest BCUT2D eigenvalue weighted by atomic mass is 16.1. The van der Waals surface area contributed by atoms with Crippen molar-refractivity contribution in [3.8, 4) is 5.82 Å². The number of nitrogens with one attached hydrogen (secondary N) is 1. The number of rotatable bonds is 2. The fraction of sp³-hybridized carbons (Fsp3) is 0.250. The number of aromatic amines is 1. The number of aromatic nitrogens is 5. The summed E-state index contributed by atoms with van der Waals surface area (Å²) in [6.45, 7) is 3.66. The highest BCUT2D eigenvalue weighted by Gasteiger charge is 2.16. The minimum atomic E-state index is -0.371. The van der Waals surface area contributed by atoms with Crippen molar-refractivity contribution in [1.29, 1.82) is 0 Å². The minimum absolute atomic E-state index is 0.228. The van der Waals surface area contributed by atoms with Crippen molar-refractivity contribution in [2.45, 2.75) is 19.9 Å². The van der Waals surface area contributed by atoms with Crippen molar-refractivity contribution in [2.75, 3.05) is 0 Å². The van der Waals surface area contributed by atoms with Gasteiger partial charge >= 0.3 is 5.69 Å². The van der Waals surface area contributed by atoms with Gasteiger partial charge in [0.15, 0.2) is 5.82 Å². The molecule has 0 saturated carbocycles. The Labute approximate surface area is 108 Å². The lowest BCUT2D eigenvalue weighted by Gasteiger charge is -2.12. The van der Waals surface area contributed by atoms with E-state index in [0.29, 0.717) is 17.3 Å². The summed E-state index contributed by atoms with van der Waals surface area (Å²) in [7, 11) is 0. The van der Waals surface area contributed by atoms with Gasteiger partial charge in [0.05, 0.1) is 6.04 Å². The molecule has 1 unspecified atom stereocenters. The number of aryl methyl sites for hydroxylation is 1. The van der Waals surface area contributed by atoms with Crippen molar-refractivity contribution in [3.05, 3.63) is 46.4 Å². The zero-order chi connectivity index (χ0) is 13.6. The van der Waals surface area contributed by atoms with Crippen molar-refractivity contribution in [2.24, 2.45) is 5.73 Å². The van der Waals surface area contributed by atoms with Crippen LogP contribution in [0.2, 0.25) is 0 Å². The SMILES string of the molecule is Cc1cc(-n2c(C(C)N)nc3cccn3c2=O)n[nH]1. The predicted molar refractivity (Wildman–Crippen MR) is 70.3 cm³/mol. The van der Waals surface area contributed by atoms with Crippen molar-refractivity contribution in [3.63, 3.8) is 0 Å². The molecule has 0 aliphatic heterocycles. The van der Waals surface area contributed by atoms with E-state index in [1.54, 1.807) is 31.3 Å². The molecule has 3 rings (SSSR count). The maximum absolute atomic E-state index is 12.5. The van der Waals surface area contributed by atoms with Crippen LogP contribution in [0.15, 0.2) is 29.2 Å². The Morgan fingerprint density at radius 3 is 2.89 bits per heavy atom. The normalized spacial score (nSPS) is 13.0. The number of hydrogen-bond donors (Lipinski definition) is 2. The predicted octanol–water partition coefficient (Wildman–Crippen LogP) is 0.536. The molecule has 0 amide bonds. The van der Waals surface area contributed by atoms with E-state index >= 15 is 0 Å². The first kappa shape index (κ1) is 11.7. The lowest BCUT2D eigenvalue weighted by atomic mass is 10.3. The van der Waals surface area contributed by atoms with Gasteiger partial charge in [-0.1, -0.05) is 0 Å². The Hall–Kier alpha value is -2.41. The van der Waals surface area contributed by atoms with Gasteiger partial charge in [-0.15, -0.1) is 0 Å². The monoisotopic (exact) mass is 258 g/mol. The molecule has 3 N–H and O–H groups in total. The molecule has 1 atom stereocenters. The van der Waals surface area contributed by atoms with Crippen LogP contribution in [-0.4, -0.2) is 24.1 Å². The van der Waals surface area contributed by atoms with Gasteiger partial charge in [0.1, 0.15) is 11.5 Å². The molecular formula is C12H14N6O. The van der Waals surface area contributed by atoms with Crippen molar-refractivity contribution in [1.82, 2.24) is 24.1 Å². The lowest BCUT2D eigenvalue weighted by molar-refractivity contribution is 0.659. The topological polar surface area (TPSA) is 94.0 Å². The second-order valence-corrected chi connectivity index (χ2v) is 4.52. The number of nitrogens with zero attached hydrogens (tertiary/aromatic N) is 4. The Kier molecular flexibility index (Phi) is 2.49. The number of H-pyrrole nitrogens is 1. The summed E-state index contributed by atoms with van der Waals surface area (Å²) in [4.78, 5) is 16.9. The second kappa shape index (κ2) is 4.06. The molecule has 3 aromatic heterocycles. The summed E-state index contributed by atoms with van der Waals surface area (Å²) in [5.74, 6) is 0.987. The van der Waals surface area contributed by atoms with E-state index in [1.165, 1.54) is 8.97 Å². The second-order valence-electron chi connectivity index (χ2n) is 4.52. The average Bonchev–Trinajstić information content (AvgIpc) is 2.97. The summed E-state index contributed by atoms with van der Waals surface area (Å²) >= 11 is 0. The van der Waals surface area contributed by atoms with E-state index in [-0.39, 0.29) is 11.7 Å². The molecular weight excluding hydrogens is 244 g/mol. The van der Waals surface area contributed by atoms with Gasteiger partial charge in [-0.05, 0) is 26.0 Å². The van der Waals surface area contributed by atoms with E-state index in [4.69, 9.17) is 5.73 Å². The highest BCUT2D eigenvalue weighted by molar-refractivity contribution is 5.40. The van der Waals surface area contributed by atoms with Crippen LogP contribution in [-0.2, 0) is 0 Å². The van der Waals surface area contributed by atoms with Gasteiger partial charge in [0.2, 0.25) is 0 Å². The van der Waals surface area contributed by atoms with Gasteiger partial charge < -0.3 is 5.73 Å². The molecule has 98 valence electrons. The summed E-state index contributed by atoms with van der Waals surface area (Å²) < 4.78 is 2.90. The fourth-order valence-corrected chi connectivity index (χ4v) is 2.04. The van der Waals surface area contributed by atoms with Crippen LogP contribution in [0.25, 0.3) is 11.5 Å². The smallest absolute Gasteiger partial charge is 0.322 e. The third-order valence-electron chi connectivity index (χ3n) is 2.91. The van der Waals surface area contributed by atoms with Gasteiger partial charge in [-0.2, -0.15) is 5.10 Å². The Morgan fingerprint density at radius 2 is 2.26 bits per heavy atom. The molecule has 0 bridgehead atoms. The maximum Gasteiger partial charge on any atom is 0.341 e. The van der Waals surface area contributed by atoms with Crippen LogP contribution in [0, 0.1) is 6.92 Å². The fourth-order valence-electron chi connectivity index (χ4n) is 2.04. The molecule has 0 radical (unpaired) electrons. The third kappa shape index (κ3) is 1.75. The molecule has 0 spiro atoms. The standard InChI is InChI=1S/C12H14N6O/c1-7-6-10(16-15-7)18-11(8(2)13)14-9-4-3-5-17(9)12(18)19/h3-6,8H,13H2,1-2H3,(H,15,16). The van der Waals surface area contributed by atoms with Crippen molar-refractivity contribution >= 4 is 5.65 Å². The largest absolute Gasteiger partial charge is 0.341 e. The number of nitrogens with two attached hydrogens (primary N) is 1. The van der Waals surface area contributed by atoms with Crippen LogP contribution in [0.5, 0.6) is 0 Å². The van der Waals surface area contributed by atoms with Gasteiger partial charge in [-0.3, -0.25) is 9.50 Å². The minimum Gasteiger partial charge on any atom is -0.322 e. The summed E-state index contributed by atoms with van der Waals surface area (Å²) in [6.07, 6.45) is 1.67. The summed E-state index contributed by atoms with van der Waals surface area (Å²) in [6, 6.07) is 4.96. The first-order valence-electron chi connectivity index (χ1n) is 5.96. The first-order valence-corrected chi connectivity index (χ1v) is 5.96. The molecule has 7 nitrogen and oxygen atoms in total. The zero-order valence-electron chi connectivity index (χ0n) is 10.7. The van der Waals surface area contributed by atoms with E-state index in [9.17, 15) is 4.79 Å². The average molecular weight is 258 g/mol. The van der Waals surface area contributed by atoms with Crippen LogP contribution in [0.3, 0.4) is 0 Å². The molecule has 0 aliphatic rings. The van der Waals surface area contributed by atoms with E-state index in [2.05, 4.69) is 15.2 Å².